The van der Waals surface area contributed by atoms with Gasteiger partial charge in [-0.05, 0) is 48.7 Å². The number of hydrogen-bond donors (Lipinski definition) is 0. The van der Waals surface area contributed by atoms with Gasteiger partial charge in [-0.1, -0.05) is 25.7 Å². The summed E-state index contributed by atoms with van der Waals surface area (Å²) in [5, 5.41) is 0. The molecule has 0 bridgehead atoms. The molecule has 0 unspecified atom stereocenters. The van der Waals surface area contributed by atoms with Crippen LogP contribution in [0.4, 0.5) is 0 Å². The largest absolute Gasteiger partial charge is 0.315 e. The monoisotopic (exact) mass is 268 g/mol. The lowest BCUT2D eigenvalue weighted by Gasteiger charge is -2.22. The molecule has 0 aromatic carbocycles. The molecule has 0 atom stereocenters. The van der Waals surface area contributed by atoms with E-state index in [0.29, 0.717) is 0 Å². The summed E-state index contributed by atoms with van der Waals surface area (Å²) in [6.45, 7) is 0. The molecular formula is C10H18ClO2PS. The lowest BCUT2D eigenvalue weighted by atomic mass is 10.3. The van der Waals surface area contributed by atoms with E-state index in [-0.39, 0.29) is 12.2 Å². The maximum absolute atomic E-state index is 6.18. The molecule has 0 N–H and O–H groups in total. The van der Waals surface area contributed by atoms with Crippen LogP contribution < -0.4 is 0 Å². The van der Waals surface area contributed by atoms with Crippen LogP contribution in [0.3, 0.4) is 0 Å². The summed E-state index contributed by atoms with van der Waals surface area (Å²) in [4.78, 5) is 0. The first-order chi connectivity index (χ1) is 7.16. The van der Waals surface area contributed by atoms with E-state index in [9.17, 15) is 0 Å². The van der Waals surface area contributed by atoms with E-state index in [4.69, 9.17) is 32.1 Å². The molecule has 0 aliphatic heterocycles. The number of rotatable bonds is 4. The zero-order chi connectivity index (χ0) is 10.7. The van der Waals surface area contributed by atoms with Gasteiger partial charge in [-0.3, -0.25) is 0 Å². The maximum atomic E-state index is 6.18. The molecule has 0 radical (unpaired) electrons. The molecule has 2 fully saturated rings. The van der Waals surface area contributed by atoms with Crippen LogP contribution in [0.15, 0.2) is 0 Å². The van der Waals surface area contributed by atoms with Gasteiger partial charge < -0.3 is 9.05 Å². The fraction of sp³-hybridized carbons (Fsp3) is 1.00. The Labute approximate surface area is 102 Å². The Kier molecular flexibility index (Phi) is 4.49. The number of hydrogen-bond acceptors (Lipinski definition) is 3. The van der Waals surface area contributed by atoms with Crippen molar-refractivity contribution >= 4 is 28.9 Å². The Balaban J connectivity index is 1.79. The summed E-state index contributed by atoms with van der Waals surface area (Å²) >= 11 is 11.4. The molecule has 0 saturated heterocycles. The standard InChI is InChI=1S/C10H18ClO2PS/c11-14(15,12-9-5-1-2-6-9)13-10-7-3-4-8-10/h9-10H,1-8H2. The maximum Gasteiger partial charge on any atom is 0.282 e. The third kappa shape index (κ3) is 3.98. The molecule has 2 rings (SSSR count). The highest BCUT2D eigenvalue weighted by Crippen LogP contribution is 2.58. The molecule has 0 heterocycles. The third-order valence-corrected chi connectivity index (χ3v) is 5.25. The van der Waals surface area contributed by atoms with Crippen LogP contribution in [0.25, 0.3) is 0 Å². The van der Waals surface area contributed by atoms with Gasteiger partial charge in [0.1, 0.15) is 0 Å². The molecular weight excluding hydrogens is 251 g/mol. The van der Waals surface area contributed by atoms with Crippen molar-refractivity contribution in [2.75, 3.05) is 0 Å². The van der Waals surface area contributed by atoms with E-state index in [1.54, 1.807) is 0 Å². The quantitative estimate of drug-likeness (QED) is 0.706. The van der Waals surface area contributed by atoms with Crippen LogP contribution in [0, 0.1) is 0 Å². The van der Waals surface area contributed by atoms with E-state index in [1.807, 2.05) is 0 Å². The summed E-state index contributed by atoms with van der Waals surface area (Å²) in [7, 11) is 0. The first kappa shape index (κ1) is 12.3. The molecule has 2 aliphatic rings. The third-order valence-electron chi connectivity index (χ3n) is 3.15. The smallest absolute Gasteiger partial charge is 0.282 e. The van der Waals surface area contributed by atoms with Gasteiger partial charge in [0, 0.05) is 0 Å². The predicted octanol–water partition coefficient (Wildman–Crippen LogP) is 4.37. The summed E-state index contributed by atoms with van der Waals surface area (Å²) in [6.07, 6.45) is 9.85. The van der Waals surface area contributed by atoms with Crippen LogP contribution in [-0.4, -0.2) is 12.2 Å². The van der Waals surface area contributed by atoms with Crippen molar-refractivity contribution in [3.8, 4) is 0 Å². The van der Waals surface area contributed by atoms with Crippen LogP contribution in [-0.2, 0) is 20.9 Å². The molecule has 15 heavy (non-hydrogen) atoms. The van der Waals surface area contributed by atoms with Gasteiger partial charge in [0.25, 0.3) is 5.84 Å². The van der Waals surface area contributed by atoms with E-state index < -0.39 is 5.84 Å². The van der Waals surface area contributed by atoms with Crippen LogP contribution in [0.5, 0.6) is 0 Å². The van der Waals surface area contributed by atoms with Gasteiger partial charge in [0.05, 0.1) is 12.2 Å². The van der Waals surface area contributed by atoms with Gasteiger partial charge in [-0.15, -0.1) is 0 Å². The van der Waals surface area contributed by atoms with E-state index >= 15 is 0 Å². The highest BCUT2D eigenvalue weighted by atomic mass is 35.7. The minimum Gasteiger partial charge on any atom is -0.315 e. The van der Waals surface area contributed by atoms with Gasteiger partial charge in [0.15, 0.2) is 0 Å². The molecule has 0 aromatic rings. The number of halogens is 1. The molecule has 2 nitrogen and oxygen atoms in total. The molecule has 0 spiro atoms. The fourth-order valence-corrected chi connectivity index (χ4v) is 4.96. The molecule has 2 aliphatic carbocycles. The van der Waals surface area contributed by atoms with Crippen molar-refractivity contribution in [2.24, 2.45) is 0 Å². The molecule has 0 amide bonds. The van der Waals surface area contributed by atoms with Gasteiger partial charge in [0.2, 0.25) is 0 Å². The fourth-order valence-electron chi connectivity index (χ4n) is 2.37. The highest BCUT2D eigenvalue weighted by molar-refractivity contribution is 8.22. The van der Waals surface area contributed by atoms with Crippen molar-refractivity contribution in [3.05, 3.63) is 0 Å². The minimum absolute atomic E-state index is 0.259. The summed E-state index contributed by atoms with van der Waals surface area (Å²) in [5.74, 6) is -2.49. The van der Waals surface area contributed by atoms with E-state index in [1.165, 1.54) is 25.7 Å². The Morgan fingerprint density at radius 1 is 0.867 bits per heavy atom. The zero-order valence-corrected chi connectivity index (χ0v) is 11.3. The Morgan fingerprint density at radius 2 is 1.20 bits per heavy atom. The zero-order valence-electron chi connectivity index (χ0n) is 8.86. The van der Waals surface area contributed by atoms with Crippen molar-refractivity contribution < 1.29 is 9.05 Å². The molecule has 88 valence electrons. The highest BCUT2D eigenvalue weighted by Gasteiger charge is 2.28. The molecule has 2 saturated carbocycles. The second kappa shape index (κ2) is 5.46. The summed E-state index contributed by atoms with van der Waals surface area (Å²) in [5.41, 5.74) is 0. The summed E-state index contributed by atoms with van der Waals surface area (Å²) < 4.78 is 11.5. The van der Waals surface area contributed by atoms with Crippen molar-refractivity contribution in [2.45, 2.75) is 63.6 Å². The van der Waals surface area contributed by atoms with Gasteiger partial charge in [-0.2, -0.15) is 0 Å². The first-order valence-corrected chi connectivity index (χ1v) is 9.36. The van der Waals surface area contributed by atoms with Crippen LogP contribution in [0.2, 0.25) is 0 Å². The first-order valence-electron chi connectivity index (χ1n) is 5.82. The molecule has 5 heteroatoms. The Hall–Kier alpha value is 0.860. The van der Waals surface area contributed by atoms with E-state index in [2.05, 4.69) is 0 Å². The average molecular weight is 269 g/mol. The second-order valence-electron chi connectivity index (χ2n) is 4.45. The second-order valence-corrected chi connectivity index (χ2v) is 9.12. The Morgan fingerprint density at radius 3 is 1.53 bits per heavy atom. The summed E-state index contributed by atoms with van der Waals surface area (Å²) in [6, 6.07) is 0. The minimum atomic E-state index is -2.49. The van der Waals surface area contributed by atoms with E-state index in [0.717, 1.165) is 25.7 Å². The van der Waals surface area contributed by atoms with Crippen molar-refractivity contribution in [1.82, 2.24) is 0 Å². The lowest BCUT2D eigenvalue weighted by Crippen LogP contribution is -2.09. The average Bonchev–Trinajstić information content (AvgIpc) is 2.75. The predicted molar refractivity (Wildman–Crippen MR) is 66.8 cm³/mol. The normalized spacial score (nSPS) is 25.1. The van der Waals surface area contributed by atoms with Crippen LogP contribution in [0.1, 0.15) is 51.4 Å². The van der Waals surface area contributed by atoms with Crippen LogP contribution >= 0.6 is 17.1 Å². The molecule has 0 aromatic heterocycles. The van der Waals surface area contributed by atoms with Gasteiger partial charge >= 0.3 is 0 Å². The Bertz CT molecular complexity index is 228. The van der Waals surface area contributed by atoms with Gasteiger partial charge in [-0.25, -0.2) is 0 Å². The SMILES string of the molecule is S=P(Cl)(OC1CCCC1)OC1CCCC1. The van der Waals surface area contributed by atoms with Crippen molar-refractivity contribution in [3.63, 3.8) is 0 Å². The lowest BCUT2D eigenvalue weighted by molar-refractivity contribution is 0.155. The topological polar surface area (TPSA) is 18.5 Å². The van der Waals surface area contributed by atoms with Crippen molar-refractivity contribution in [1.29, 1.82) is 0 Å².